The summed E-state index contributed by atoms with van der Waals surface area (Å²) in [5.41, 5.74) is 4.94. The minimum Gasteiger partial charge on any atom is -0.409 e. The monoisotopic (exact) mass is 255 g/mol. The molecule has 2 fully saturated rings. The number of nitrogens with two attached hydrogens (primary N) is 1. The van der Waals surface area contributed by atoms with Gasteiger partial charge in [-0.25, -0.2) is 0 Å². The van der Waals surface area contributed by atoms with Gasteiger partial charge in [0.2, 0.25) is 5.91 Å². The standard InChI is InChI=1S/C12H21N3O3/c13-10(14-18)12(5-1-2-6-12)11(17)15-7-3-9(16)4-8-15/h9,16,18H,1-8H2,(H2,13,14). The van der Waals surface area contributed by atoms with Crippen molar-refractivity contribution in [1.29, 1.82) is 0 Å². The van der Waals surface area contributed by atoms with Gasteiger partial charge in [0.05, 0.1) is 6.10 Å². The van der Waals surface area contributed by atoms with Gasteiger partial charge in [-0.2, -0.15) is 0 Å². The molecule has 2 rings (SSSR count). The molecule has 102 valence electrons. The van der Waals surface area contributed by atoms with Gasteiger partial charge < -0.3 is 20.9 Å². The van der Waals surface area contributed by atoms with Crippen molar-refractivity contribution in [2.75, 3.05) is 13.1 Å². The molecule has 0 aromatic carbocycles. The average Bonchev–Trinajstić information content (AvgIpc) is 2.88. The quantitative estimate of drug-likeness (QED) is 0.285. The number of hydrogen-bond donors (Lipinski definition) is 3. The summed E-state index contributed by atoms with van der Waals surface area (Å²) >= 11 is 0. The van der Waals surface area contributed by atoms with Gasteiger partial charge in [0.1, 0.15) is 5.41 Å². The molecule has 0 radical (unpaired) electrons. The van der Waals surface area contributed by atoms with Crippen LogP contribution in [0, 0.1) is 5.41 Å². The molecule has 0 aromatic rings. The first-order valence-electron chi connectivity index (χ1n) is 6.55. The van der Waals surface area contributed by atoms with E-state index in [-0.39, 0.29) is 17.8 Å². The molecule has 0 bridgehead atoms. The van der Waals surface area contributed by atoms with Crippen molar-refractivity contribution < 1.29 is 15.1 Å². The van der Waals surface area contributed by atoms with Crippen LogP contribution in [0.15, 0.2) is 5.16 Å². The maximum absolute atomic E-state index is 12.6. The Kier molecular flexibility index (Phi) is 3.75. The van der Waals surface area contributed by atoms with Crippen molar-refractivity contribution in [2.45, 2.75) is 44.6 Å². The molecule has 4 N–H and O–H groups in total. The summed E-state index contributed by atoms with van der Waals surface area (Å²) in [6.07, 6.45) is 4.08. The lowest BCUT2D eigenvalue weighted by Gasteiger charge is -2.36. The molecule has 2 aliphatic rings. The van der Waals surface area contributed by atoms with Crippen molar-refractivity contribution in [3.05, 3.63) is 0 Å². The van der Waals surface area contributed by atoms with E-state index < -0.39 is 5.41 Å². The maximum Gasteiger partial charge on any atom is 0.236 e. The zero-order valence-corrected chi connectivity index (χ0v) is 10.5. The normalized spacial score (nSPS) is 25.4. The van der Waals surface area contributed by atoms with E-state index in [9.17, 15) is 9.90 Å². The van der Waals surface area contributed by atoms with Gasteiger partial charge in [-0.1, -0.05) is 18.0 Å². The maximum atomic E-state index is 12.6. The molecular weight excluding hydrogens is 234 g/mol. The largest absolute Gasteiger partial charge is 0.409 e. The molecule has 0 spiro atoms. The van der Waals surface area contributed by atoms with Crippen molar-refractivity contribution in [3.63, 3.8) is 0 Å². The second-order valence-electron chi connectivity index (χ2n) is 5.30. The predicted molar refractivity (Wildman–Crippen MR) is 66.1 cm³/mol. The SMILES string of the molecule is NC(=NO)C1(C(=O)N2CCC(O)CC2)CCCC1. The van der Waals surface area contributed by atoms with Gasteiger partial charge in [-0.05, 0) is 25.7 Å². The van der Waals surface area contributed by atoms with E-state index in [2.05, 4.69) is 5.16 Å². The molecule has 1 aliphatic carbocycles. The number of aliphatic hydroxyl groups excluding tert-OH is 1. The third-order valence-corrected chi connectivity index (χ3v) is 4.22. The summed E-state index contributed by atoms with van der Waals surface area (Å²) in [6.45, 7) is 1.11. The topological polar surface area (TPSA) is 99.2 Å². The first-order chi connectivity index (χ1) is 8.60. The van der Waals surface area contributed by atoms with E-state index in [4.69, 9.17) is 10.9 Å². The van der Waals surface area contributed by atoms with Crippen LogP contribution in [0.5, 0.6) is 0 Å². The highest BCUT2D eigenvalue weighted by molar-refractivity contribution is 6.07. The Balaban J connectivity index is 2.14. The zero-order chi connectivity index (χ0) is 13.2. The number of nitrogens with zero attached hydrogens (tertiary/aromatic N) is 2. The van der Waals surface area contributed by atoms with Crippen LogP contribution < -0.4 is 5.73 Å². The van der Waals surface area contributed by atoms with Crippen LogP contribution in [-0.2, 0) is 4.79 Å². The summed E-state index contributed by atoms with van der Waals surface area (Å²) in [5.74, 6) is -0.00155. The highest BCUT2D eigenvalue weighted by Crippen LogP contribution is 2.40. The van der Waals surface area contributed by atoms with Gasteiger partial charge in [0.15, 0.2) is 5.84 Å². The number of oxime groups is 1. The van der Waals surface area contributed by atoms with Gasteiger partial charge in [-0.3, -0.25) is 4.79 Å². The zero-order valence-electron chi connectivity index (χ0n) is 10.5. The number of carbonyl (C=O) groups excluding carboxylic acids is 1. The molecule has 6 nitrogen and oxygen atoms in total. The smallest absolute Gasteiger partial charge is 0.236 e. The molecule has 1 saturated carbocycles. The van der Waals surface area contributed by atoms with Crippen LogP contribution in [0.3, 0.4) is 0 Å². The minimum absolute atomic E-state index is 0.0381. The molecule has 18 heavy (non-hydrogen) atoms. The fourth-order valence-corrected chi connectivity index (χ4v) is 3.03. The Hall–Kier alpha value is -1.30. The van der Waals surface area contributed by atoms with Crippen molar-refractivity contribution in [3.8, 4) is 0 Å². The minimum atomic E-state index is -0.808. The Morgan fingerprint density at radius 2 is 1.83 bits per heavy atom. The molecule has 0 unspecified atom stereocenters. The molecule has 1 amide bonds. The highest BCUT2D eigenvalue weighted by Gasteiger charge is 2.47. The summed E-state index contributed by atoms with van der Waals surface area (Å²) in [4.78, 5) is 14.3. The number of amides is 1. The van der Waals surface area contributed by atoms with Crippen molar-refractivity contribution in [1.82, 2.24) is 4.90 Å². The van der Waals surface area contributed by atoms with Gasteiger partial charge in [0, 0.05) is 13.1 Å². The molecule has 0 atom stereocenters. The lowest BCUT2D eigenvalue weighted by molar-refractivity contribution is -0.140. The second kappa shape index (κ2) is 5.14. The number of piperidine rings is 1. The molecule has 6 heteroatoms. The molecule has 1 saturated heterocycles. The fourth-order valence-electron chi connectivity index (χ4n) is 3.03. The van der Waals surface area contributed by atoms with Crippen molar-refractivity contribution >= 4 is 11.7 Å². The van der Waals surface area contributed by atoms with Gasteiger partial charge in [0.25, 0.3) is 0 Å². The third-order valence-electron chi connectivity index (χ3n) is 4.22. The van der Waals surface area contributed by atoms with Gasteiger partial charge in [-0.15, -0.1) is 0 Å². The van der Waals surface area contributed by atoms with Crippen LogP contribution >= 0.6 is 0 Å². The van der Waals surface area contributed by atoms with Crippen LogP contribution in [-0.4, -0.2) is 46.1 Å². The average molecular weight is 255 g/mol. The molecule has 1 heterocycles. The Morgan fingerprint density at radius 3 is 2.33 bits per heavy atom. The summed E-state index contributed by atoms with van der Waals surface area (Å²) in [7, 11) is 0. The lowest BCUT2D eigenvalue weighted by Crippen LogP contribution is -2.52. The number of hydrogen-bond acceptors (Lipinski definition) is 4. The predicted octanol–water partition coefficient (Wildman–Crippen LogP) is 0.276. The number of carbonyl (C=O) groups is 1. The van der Waals surface area contributed by atoms with Crippen LogP contribution in [0.1, 0.15) is 38.5 Å². The van der Waals surface area contributed by atoms with Gasteiger partial charge >= 0.3 is 0 Å². The van der Waals surface area contributed by atoms with Crippen molar-refractivity contribution in [2.24, 2.45) is 16.3 Å². The number of amidine groups is 1. The molecular formula is C12H21N3O3. The summed E-state index contributed by atoms with van der Waals surface area (Å²) in [5, 5.41) is 21.4. The van der Waals surface area contributed by atoms with E-state index in [0.29, 0.717) is 38.8 Å². The molecule has 0 aromatic heterocycles. The van der Waals surface area contributed by atoms with E-state index in [0.717, 1.165) is 12.8 Å². The third kappa shape index (κ3) is 2.16. The fraction of sp³-hybridized carbons (Fsp3) is 0.833. The van der Waals surface area contributed by atoms with E-state index >= 15 is 0 Å². The summed E-state index contributed by atoms with van der Waals surface area (Å²) < 4.78 is 0. The first-order valence-corrected chi connectivity index (χ1v) is 6.55. The Bertz CT molecular complexity index is 342. The Labute approximate surface area is 106 Å². The second-order valence-corrected chi connectivity index (χ2v) is 5.30. The number of rotatable bonds is 2. The van der Waals surface area contributed by atoms with Crippen LogP contribution in [0.2, 0.25) is 0 Å². The first kappa shape index (κ1) is 13.1. The van der Waals surface area contributed by atoms with Crippen LogP contribution in [0.4, 0.5) is 0 Å². The summed E-state index contributed by atoms with van der Waals surface area (Å²) in [6, 6.07) is 0. The number of aliphatic hydroxyl groups is 1. The Morgan fingerprint density at radius 1 is 1.28 bits per heavy atom. The van der Waals surface area contributed by atoms with E-state index in [1.54, 1.807) is 4.90 Å². The van der Waals surface area contributed by atoms with Crippen LogP contribution in [0.25, 0.3) is 0 Å². The van der Waals surface area contributed by atoms with E-state index in [1.165, 1.54) is 0 Å². The highest BCUT2D eigenvalue weighted by atomic mass is 16.4. The lowest BCUT2D eigenvalue weighted by atomic mass is 9.82. The van der Waals surface area contributed by atoms with E-state index in [1.807, 2.05) is 0 Å². The number of likely N-dealkylation sites (tertiary alicyclic amines) is 1. The molecule has 1 aliphatic heterocycles.